The van der Waals surface area contributed by atoms with Crippen molar-refractivity contribution < 1.29 is 0 Å². The van der Waals surface area contributed by atoms with Crippen LogP contribution in [0.15, 0.2) is 72.8 Å². The maximum atomic E-state index is 6.07. The van der Waals surface area contributed by atoms with Crippen molar-refractivity contribution in [2.45, 2.75) is 0 Å². The molecular weight excluding hydrogens is 287 g/mol. The predicted molar refractivity (Wildman–Crippen MR) is 87.3 cm³/mol. The second-order valence-electron chi connectivity index (χ2n) is 4.60. The minimum Gasteiger partial charge on any atom is -0.0843 e. The average Bonchev–Trinajstić information content (AvgIpc) is 2.47. The zero-order valence-corrected chi connectivity index (χ0v) is 12.2. The van der Waals surface area contributed by atoms with Gasteiger partial charge in [0.25, 0.3) is 0 Å². The molecule has 0 fully saturated rings. The molecule has 0 bridgehead atoms. The summed E-state index contributed by atoms with van der Waals surface area (Å²) in [6.07, 6.45) is 0. The van der Waals surface area contributed by atoms with Crippen molar-refractivity contribution in [1.82, 2.24) is 0 Å². The fourth-order valence-corrected chi connectivity index (χ4v) is 2.76. The fraction of sp³-hybridized carbons (Fsp3) is 0. The molecule has 0 amide bonds. The van der Waals surface area contributed by atoms with Crippen LogP contribution in [0.5, 0.6) is 0 Å². The van der Waals surface area contributed by atoms with Gasteiger partial charge in [-0.25, -0.2) is 0 Å². The van der Waals surface area contributed by atoms with E-state index < -0.39 is 0 Å². The number of hydrogen-bond acceptors (Lipinski definition) is 0. The van der Waals surface area contributed by atoms with Crippen LogP contribution in [-0.2, 0) is 0 Å². The quantitative estimate of drug-likeness (QED) is 0.519. The average molecular weight is 299 g/mol. The van der Waals surface area contributed by atoms with Crippen LogP contribution in [0, 0.1) is 0 Å². The molecule has 0 nitrogen and oxygen atoms in total. The fourth-order valence-electron chi connectivity index (χ4n) is 2.23. The highest BCUT2D eigenvalue weighted by Crippen LogP contribution is 2.30. The van der Waals surface area contributed by atoms with E-state index in [9.17, 15) is 0 Å². The Balaban J connectivity index is 2.07. The van der Waals surface area contributed by atoms with Gasteiger partial charge in [0.15, 0.2) is 0 Å². The number of hydrogen-bond donors (Lipinski definition) is 0. The van der Waals surface area contributed by atoms with Gasteiger partial charge in [0.2, 0.25) is 0 Å². The van der Waals surface area contributed by atoms with Gasteiger partial charge in [-0.2, -0.15) is 0 Å². The van der Waals surface area contributed by atoms with Gasteiger partial charge in [0.1, 0.15) is 0 Å². The summed E-state index contributed by atoms with van der Waals surface area (Å²) >= 11 is 12.1. The van der Waals surface area contributed by atoms with Crippen molar-refractivity contribution in [3.63, 3.8) is 0 Å². The van der Waals surface area contributed by atoms with Crippen molar-refractivity contribution >= 4 is 23.2 Å². The van der Waals surface area contributed by atoms with E-state index in [1.165, 1.54) is 11.1 Å². The molecule has 0 aliphatic heterocycles. The molecule has 0 radical (unpaired) electrons. The molecule has 3 aromatic carbocycles. The van der Waals surface area contributed by atoms with Crippen LogP contribution in [0.1, 0.15) is 0 Å². The zero-order chi connectivity index (χ0) is 13.9. The Morgan fingerprint density at radius 2 is 1.00 bits per heavy atom. The molecule has 0 spiro atoms. The third-order valence-corrected chi connectivity index (χ3v) is 3.60. The van der Waals surface area contributed by atoms with Gasteiger partial charge in [0.05, 0.1) is 0 Å². The molecule has 0 N–H and O–H groups in total. The number of halogens is 2. The second-order valence-corrected chi connectivity index (χ2v) is 5.48. The Labute approximate surface area is 128 Å². The highest BCUT2D eigenvalue weighted by atomic mass is 35.5. The predicted octanol–water partition coefficient (Wildman–Crippen LogP) is 6.33. The van der Waals surface area contributed by atoms with Gasteiger partial charge in [-0.1, -0.05) is 71.7 Å². The van der Waals surface area contributed by atoms with E-state index in [0.29, 0.717) is 10.0 Å². The molecule has 98 valence electrons. The topological polar surface area (TPSA) is 0 Å². The molecule has 0 atom stereocenters. The van der Waals surface area contributed by atoms with E-state index in [1.54, 1.807) is 6.07 Å². The first-order valence-corrected chi connectivity index (χ1v) is 7.10. The number of benzene rings is 3. The third kappa shape index (κ3) is 2.87. The summed E-state index contributed by atoms with van der Waals surface area (Å²) < 4.78 is 0. The lowest BCUT2D eigenvalue weighted by atomic mass is 9.99. The summed E-state index contributed by atoms with van der Waals surface area (Å²) in [5.74, 6) is 0. The molecular formula is C18H12Cl2. The van der Waals surface area contributed by atoms with Gasteiger partial charge in [-0.3, -0.25) is 0 Å². The SMILES string of the molecule is Clc1cc(Cl)cc(-c2cccc(-c3ccccc3)c2)c1. The maximum Gasteiger partial charge on any atom is 0.0426 e. The molecule has 0 aromatic heterocycles. The van der Waals surface area contributed by atoms with Gasteiger partial charge in [-0.15, -0.1) is 0 Å². The van der Waals surface area contributed by atoms with Crippen LogP contribution in [0.25, 0.3) is 22.3 Å². The van der Waals surface area contributed by atoms with Crippen LogP contribution in [0.4, 0.5) is 0 Å². The molecule has 0 saturated carbocycles. The van der Waals surface area contributed by atoms with Crippen LogP contribution in [-0.4, -0.2) is 0 Å². The van der Waals surface area contributed by atoms with Crippen LogP contribution in [0.2, 0.25) is 10.0 Å². The number of rotatable bonds is 2. The third-order valence-electron chi connectivity index (χ3n) is 3.17. The van der Waals surface area contributed by atoms with Crippen molar-refractivity contribution in [3.05, 3.63) is 82.8 Å². The highest BCUT2D eigenvalue weighted by Gasteiger charge is 2.03. The molecule has 0 aliphatic carbocycles. The molecule has 0 saturated heterocycles. The van der Waals surface area contributed by atoms with Crippen LogP contribution < -0.4 is 0 Å². The second kappa shape index (κ2) is 5.70. The Morgan fingerprint density at radius 1 is 0.450 bits per heavy atom. The summed E-state index contributed by atoms with van der Waals surface area (Å²) in [5, 5.41) is 1.30. The van der Waals surface area contributed by atoms with Crippen LogP contribution in [0.3, 0.4) is 0 Å². The lowest BCUT2D eigenvalue weighted by Gasteiger charge is -2.07. The lowest BCUT2D eigenvalue weighted by Crippen LogP contribution is -1.81. The summed E-state index contributed by atoms with van der Waals surface area (Å²) in [7, 11) is 0. The van der Waals surface area contributed by atoms with E-state index in [-0.39, 0.29) is 0 Å². The van der Waals surface area contributed by atoms with Gasteiger partial charge >= 0.3 is 0 Å². The minimum atomic E-state index is 0.651. The molecule has 0 unspecified atom stereocenters. The minimum absolute atomic E-state index is 0.651. The molecule has 0 heterocycles. The monoisotopic (exact) mass is 298 g/mol. The summed E-state index contributed by atoms with van der Waals surface area (Å²) in [4.78, 5) is 0. The van der Waals surface area contributed by atoms with E-state index in [2.05, 4.69) is 30.3 Å². The molecule has 0 aliphatic rings. The van der Waals surface area contributed by atoms with Crippen molar-refractivity contribution in [2.75, 3.05) is 0 Å². The lowest BCUT2D eigenvalue weighted by molar-refractivity contribution is 1.59. The van der Waals surface area contributed by atoms with Crippen molar-refractivity contribution in [3.8, 4) is 22.3 Å². The highest BCUT2D eigenvalue weighted by molar-refractivity contribution is 6.35. The largest absolute Gasteiger partial charge is 0.0843 e. The molecule has 3 rings (SSSR count). The Kier molecular flexibility index (Phi) is 3.77. The van der Waals surface area contributed by atoms with Gasteiger partial charge in [-0.05, 0) is 46.5 Å². The molecule has 2 heteroatoms. The van der Waals surface area contributed by atoms with E-state index in [1.807, 2.05) is 36.4 Å². The Bertz CT molecular complexity index is 713. The summed E-state index contributed by atoms with van der Waals surface area (Å²) in [6.45, 7) is 0. The zero-order valence-electron chi connectivity index (χ0n) is 10.7. The molecule has 20 heavy (non-hydrogen) atoms. The smallest absolute Gasteiger partial charge is 0.0426 e. The first-order chi connectivity index (χ1) is 9.72. The van der Waals surface area contributed by atoms with Crippen LogP contribution >= 0.6 is 23.2 Å². The summed E-state index contributed by atoms with van der Waals surface area (Å²) in [5.41, 5.74) is 4.51. The van der Waals surface area contributed by atoms with E-state index in [4.69, 9.17) is 23.2 Å². The van der Waals surface area contributed by atoms with Crippen molar-refractivity contribution in [1.29, 1.82) is 0 Å². The van der Waals surface area contributed by atoms with Crippen molar-refractivity contribution in [2.24, 2.45) is 0 Å². The first-order valence-electron chi connectivity index (χ1n) is 6.34. The standard InChI is InChI=1S/C18H12Cl2/c19-17-10-16(11-18(20)12-17)15-8-4-7-14(9-15)13-5-2-1-3-6-13/h1-12H. The van der Waals surface area contributed by atoms with E-state index in [0.717, 1.165) is 11.1 Å². The maximum absolute atomic E-state index is 6.07. The van der Waals surface area contributed by atoms with E-state index >= 15 is 0 Å². The first kappa shape index (κ1) is 13.2. The molecule has 3 aromatic rings. The Hall–Kier alpha value is -1.76. The summed E-state index contributed by atoms with van der Waals surface area (Å²) in [6, 6.07) is 24.3. The Morgan fingerprint density at radius 3 is 1.65 bits per heavy atom. The van der Waals surface area contributed by atoms with Gasteiger partial charge in [0, 0.05) is 10.0 Å². The van der Waals surface area contributed by atoms with Gasteiger partial charge < -0.3 is 0 Å². The normalized spacial score (nSPS) is 10.5.